The summed E-state index contributed by atoms with van der Waals surface area (Å²) in [6, 6.07) is 11.1. The number of aliphatic carboxylic acids is 1. The lowest BCUT2D eigenvalue weighted by Gasteiger charge is -2.28. The summed E-state index contributed by atoms with van der Waals surface area (Å²) in [6.45, 7) is 6.16. The molecule has 0 spiro atoms. The zero-order valence-corrected chi connectivity index (χ0v) is 27.9. The lowest BCUT2D eigenvalue weighted by atomic mass is 9.96. The third kappa shape index (κ3) is 6.58. The van der Waals surface area contributed by atoms with E-state index in [1.165, 1.54) is 11.5 Å². The van der Waals surface area contributed by atoms with Crippen LogP contribution in [0.15, 0.2) is 42.5 Å². The maximum absolute atomic E-state index is 14.3. The molecule has 1 fully saturated rings. The first kappa shape index (κ1) is 33.2. The molecular weight excluding hydrogens is 722 g/mol. The lowest BCUT2D eigenvalue weighted by Crippen LogP contribution is -2.45. The van der Waals surface area contributed by atoms with E-state index in [4.69, 9.17) is 24.3 Å². The highest BCUT2D eigenvalue weighted by Gasteiger charge is 2.55. The first-order valence-electron chi connectivity index (χ1n) is 14.1. The number of halogens is 1. The number of anilines is 1. The van der Waals surface area contributed by atoms with Gasteiger partial charge in [0.25, 0.3) is 0 Å². The Bertz CT molecular complexity index is 1760. The second-order valence-corrected chi connectivity index (χ2v) is 13.7. The minimum atomic E-state index is -4.46. The van der Waals surface area contributed by atoms with Crippen LogP contribution in [-0.4, -0.2) is 77.9 Å². The Hall–Kier alpha value is -3.12. The molecule has 0 bridgehead atoms. The van der Waals surface area contributed by atoms with Crippen molar-refractivity contribution in [3.8, 4) is 11.6 Å². The van der Waals surface area contributed by atoms with Crippen LogP contribution in [-0.2, 0) is 18.6 Å². The van der Waals surface area contributed by atoms with Gasteiger partial charge in [-0.2, -0.15) is 15.1 Å². The fraction of sp³-hybridized carbons (Fsp3) is 0.429. The topological polar surface area (TPSA) is 213 Å². The van der Waals surface area contributed by atoms with Gasteiger partial charge >= 0.3 is 13.7 Å². The summed E-state index contributed by atoms with van der Waals surface area (Å²) in [5, 5.41) is 36.5. The number of nitrogens with one attached hydrogen (secondary N) is 1. The summed E-state index contributed by atoms with van der Waals surface area (Å²) < 4.78 is 39.4. The molecule has 0 amide bonds. The molecule has 45 heavy (non-hydrogen) atoms. The molecule has 1 aliphatic rings. The van der Waals surface area contributed by atoms with Crippen LogP contribution in [0.1, 0.15) is 33.9 Å². The lowest BCUT2D eigenvalue weighted by molar-refractivity contribution is -0.140. The molecule has 3 heterocycles. The fourth-order valence-electron chi connectivity index (χ4n) is 5.06. The third-order valence-electron chi connectivity index (χ3n) is 7.36. The first-order valence-corrected chi connectivity index (χ1v) is 16.7. The van der Waals surface area contributed by atoms with Crippen LogP contribution in [0.5, 0.6) is 11.6 Å². The number of rotatable bonds is 12. The molecule has 2 aromatic carbocycles. The van der Waals surface area contributed by atoms with Crippen molar-refractivity contribution in [2.75, 3.05) is 18.9 Å². The highest BCUT2D eigenvalue weighted by Crippen LogP contribution is 2.49. The highest BCUT2D eigenvalue weighted by atomic mass is 127. The number of aliphatic hydroxyl groups excluding tert-OH is 1. The summed E-state index contributed by atoms with van der Waals surface area (Å²) in [5.74, 6) is -1.52. The molecule has 242 valence electrons. The number of fused-ring (bicyclic) bond motifs is 2. The summed E-state index contributed by atoms with van der Waals surface area (Å²) in [7, 11) is -4.46. The fourth-order valence-corrected chi connectivity index (χ4v) is 7.48. The molecule has 3 unspecified atom stereocenters. The average Bonchev–Trinajstić information content (AvgIpc) is 3.41. The molecule has 0 radical (unpaired) electrons. The predicted molar refractivity (Wildman–Crippen MR) is 172 cm³/mol. The van der Waals surface area contributed by atoms with Crippen molar-refractivity contribution in [3.63, 3.8) is 0 Å². The van der Waals surface area contributed by atoms with Gasteiger partial charge in [0.1, 0.15) is 29.6 Å². The number of carboxylic acids is 1. The van der Waals surface area contributed by atoms with Gasteiger partial charge in [0, 0.05) is 28.0 Å². The van der Waals surface area contributed by atoms with Gasteiger partial charge in [-0.15, -0.1) is 0 Å². The Morgan fingerprint density at radius 1 is 1.22 bits per heavy atom. The van der Waals surface area contributed by atoms with Gasteiger partial charge in [0.15, 0.2) is 21.2 Å². The van der Waals surface area contributed by atoms with E-state index in [2.05, 4.69) is 20.0 Å². The minimum Gasteiger partial charge on any atom is -0.480 e. The number of ether oxygens (including phenoxy) is 2. The second-order valence-electron chi connectivity index (χ2n) is 11.0. The van der Waals surface area contributed by atoms with E-state index in [-0.39, 0.29) is 28.7 Å². The van der Waals surface area contributed by atoms with Crippen LogP contribution in [0.2, 0.25) is 0 Å². The Labute approximate surface area is 271 Å². The number of carbonyl (C=O) groups is 1. The molecule has 1 aliphatic heterocycles. The van der Waals surface area contributed by atoms with E-state index in [0.717, 1.165) is 5.39 Å². The molecule has 5 rings (SSSR count). The monoisotopic (exact) mass is 756 g/mol. The van der Waals surface area contributed by atoms with Crippen LogP contribution < -0.4 is 20.1 Å². The van der Waals surface area contributed by atoms with Crippen LogP contribution in [0, 0.1) is 9.75 Å². The predicted octanol–water partition coefficient (Wildman–Crippen LogP) is 3.48. The van der Waals surface area contributed by atoms with Gasteiger partial charge in [-0.25, -0.2) is 9.55 Å². The number of nitrogens with zero attached hydrogens (tertiary/aromatic N) is 4. The van der Waals surface area contributed by atoms with Crippen molar-refractivity contribution in [2.45, 2.75) is 57.8 Å². The van der Waals surface area contributed by atoms with Crippen molar-refractivity contribution in [1.29, 1.82) is 0 Å². The number of nitrogen functional groups attached to an aromatic ring is 1. The van der Waals surface area contributed by atoms with Gasteiger partial charge < -0.3 is 35.1 Å². The van der Waals surface area contributed by atoms with Gasteiger partial charge in [-0.3, -0.25) is 13.9 Å². The number of hydrogen-bond acceptors (Lipinski definition) is 12. The maximum Gasteiger partial charge on any atom is 0.459 e. The van der Waals surface area contributed by atoms with Crippen molar-refractivity contribution in [2.24, 2.45) is 5.92 Å². The summed E-state index contributed by atoms with van der Waals surface area (Å²) in [5.41, 5.74) is 4.46. The van der Waals surface area contributed by atoms with Crippen LogP contribution in [0.4, 0.5) is 5.95 Å². The highest BCUT2D eigenvalue weighted by molar-refractivity contribution is 14.1. The zero-order chi connectivity index (χ0) is 32.7. The number of hydrogen-bond donors (Lipinski definition) is 5. The molecule has 0 saturated carbocycles. The molecule has 1 saturated heterocycles. The normalized spacial score (nSPS) is 23.8. The standard InChI is InChI=1S/C28H34IN6O9P/c1-5-41-23-20-22(32-27(30)33-23)35(26(29)31-20)25-28(4,39)21(36)18(43-25)13-42-45(40,34-19(14(2)3)24(37)38)44-17-12-8-10-15-9-6-7-11-16(15)17/h6-12,14,18-19,21,25,36,39H,5,13H2,1-4H3,(H,34,40)(H,37,38)(H2,30,32,33)/t18-,19?,21-,25?,28-,45?/m1/s1. The number of aliphatic hydroxyl groups is 2. The number of aromatic nitrogens is 4. The second kappa shape index (κ2) is 12.9. The van der Waals surface area contributed by atoms with Crippen LogP contribution in [0.25, 0.3) is 21.9 Å². The van der Waals surface area contributed by atoms with Crippen molar-refractivity contribution in [1.82, 2.24) is 24.6 Å². The molecular formula is C28H34IN6O9P. The number of benzene rings is 2. The molecule has 15 nitrogen and oxygen atoms in total. The first-order chi connectivity index (χ1) is 21.3. The number of imidazole rings is 1. The van der Waals surface area contributed by atoms with Crippen molar-refractivity contribution < 1.29 is 43.2 Å². The zero-order valence-electron chi connectivity index (χ0n) is 24.8. The van der Waals surface area contributed by atoms with E-state index in [1.54, 1.807) is 45.0 Å². The SMILES string of the molecule is CCOc1nc(N)nc2c1nc(I)n2C1O[C@H](COP(=O)(NC(C(=O)O)C(C)C)Oc2cccc3ccccc23)[C@@H](O)[C@@]1(C)O. The summed E-state index contributed by atoms with van der Waals surface area (Å²) in [4.78, 5) is 24.9. The van der Waals surface area contributed by atoms with Gasteiger partial charge in [0.05, 0.1) is 13.2 Å². The van der Waals surface area contributed by atoms with Crippen molar-refractivity contribution >= 4 is 64.2 Å². The Balaban J connectivity index is 1.46. The molecule has 17 heteroatoms. The summed E-state index contributed by atoms with van der Waals surface area (Å²) in [6.07, 6.45) is -4.07. The Kier molecular flexibility index (Phi) is 9.56. The molecule has 6 atom stereocenters. The molecule has 4 aromatic rings. The Morgan fingerprint density at radius 2 is 1.93 bits per heavy atom. The van der Waals surface area contributed by atoms with Crippen molar-refractivity contribution in [3.05, 3.63) is 46.3 Å². The van der Waals surface area contributed by atoms with Crippen LogP contribution in [0.3, 0.4) is 0 Å². The molecule has 0 aliphatic carbocycles. The molecule has 6 N–H and O–H groups in total. The Morgan fingerprint density at radius 3 is 2.62 bits per heavy atom. The van der Waals surface area contributed by atoms with E-state index in [9.17, 15) is 24.7 Å². The van der Waals surface area contributed by atoms with E-state index in [0.29, 0.717) is 15.8 Å². The smallest absolute Gasteiger partial charge is 0.459 e. The van der Waals surface area contributed by atoms with E-state index >= 15 is 0 Å². The van der Waals surface area contributed by atoms with Crippen LogP contribution >= 0.6 is 30.3 Å². The van der Waals surface area contributed by atoms with Gasteiger partial charge in [0.2, 0.25) is 11.8 Å². The van der Waals surface area contributed by atoms with E-state index < -0.39 is 56.3 Å². The largest absolute Gasteiger partial charge is 0.480 e. The van der Waals surface area contributed by atoms with Gasteiger partial charge in [-0.05, 0) is 31.2 Å². The molecule has 2 aromatic heterocycles. The maximum atomic E-state index is 14.3. The van der Waals surface area contributed by atoms with E-state index in [1.807, 2.05) is 40.8 Å². The van der Waals surface area contributed by atoms with Gasteiger partial charge in [-0.1, -0.05) is 50.2 Å². The minimum absolute atomic E-state index is 0.0997. The average molecular weight is 756 g/mol. The third-order valence-corrected chi connectivity index (χ3v) is 9.64. The summed E-state index contributed by atoms with van der Waals surface area (Å²) >= 11 is 1.92. The number of carboxylic acid groups (broad SMARTS) is 1. The number of nitrogens with two attached hydrogens (primary N) is 1. The quantitative estimate of drug-likeness (QED) is 0.0796.